The third kappa shape index (κ3) is 2.68. The fourth-order valence-corrected chi connectivity index (χ4v) is 1.33. The zero-order chi connectivity index (χ0) is 13.1. The van der Waals surface area contributed by atoms with Gasteiger partial charge in [-0.1, -0.05) is 0 Å². The first-order valence-corrected chi connectivity index (χ1v) is 5.16. The zero-order valence-corrected chi connectivity index (χ0v) is 9.48. The van der Waals surface area contributed by atoms with E-state index in [0.717, 1.165) is 18.2 Å². The van der Waals surface area contributed by atoms with Gasteiger partial charge in [0.2, 0.25) is 0 Å². The summed E-state index contributed by atoms with van der Waals surface area (Å²) < 4.78 is 31.3. The highest BCUT2D eigenvalue weighted by Crippen LogP contribution is 2.24. The number of rotatable bonds is 3. The van der Waals surface area contributed by atoms with Gasteiger partial charge in [0.05, 0.1) is 6.20 Å². The number of carbonyl (C=O) groups is 1. The average molecular weight is 249 g/mol. The van der Waals surface area contributed by atoms with E-state index in [1.807, 2.05) is 0 Å². The van der Waals surface area contributed by atoms with Gasteiger partial charge in [0.25, 0.3) is 0 Å². The molecule has 92 valence electrons. The molecule has 0 N–H and O–H groups in total. The summed E-state index contributed by atoms with van der Waals surface area (Å²) in [6.45, 7) is 1.38. The number of carbonyl (C=O) groups excluding carboxylic acids is 1. The summed E-state index contributed by atoms with van der Waals surface area (Å²) in [5.41, 5.74) is 0.280. The smallest absolute Gasteiger partial charge is 0.178 e. The van der Waals surface area contributed by atoms with Gasteiger partial charge >= 0.3 is 0 Å². The Balaban J connectivity index is 2.23. The van der Waals surface area contributed by atoms with Gasteiger partial charge in [-0.3, -0.25) is 4.79 Å². The Hall–Kier alpha value is -2.30. The van der Waals surface area contributed by atoms with Crippen LogP contribution in [-0.4, -0.2) is 10.8 Å². The number of pyridine rings is 1. The lowest BCUT2D eigenvalue weighted by Crippen LogP contribution is -1.96. The number of benzene rings is 1. The SMILES string of the molecule is CC(=O)c1ccc(Oc2cc(F)ccc2F)cn1. The second-order valence-electron chi connectivity index (χ2n) is 3.61. The molecule has 0 aliphatic heterocycles. The third-order valence-electron chi connectivity index (χ3n) is 2.22. The van der Waals surface area contributed by atoms with Crippen LogP contribution in [0.5, 0.6) is 11.5 Å². The molecule has 0 bridgehead atoms. The second-order valence-corrected chi connectivity index (χ2v) is 3.61. The first kappa shape index (κ1) is 12.2. The Kier molecular flexibility index (Phi) is 3.32. The van der Waals surface area contributed by atoms with Crippen LogP contribution in [-0.2, 0) is 0 Å². The number of hydrogen-bond donors (Lipinski definition) is 0. The van der Waals surface area contributed by atoms with Gasteiger partial charge in [0.1, 0.15) is 17.3 Å². The van der Waals surface area contributed by atoms with Gasteiger partial charge in [0.15, 0.2) is 17.3 Å². The second kappa shape index (κ2) is 4.91. The number of ether oxygens (including phenoxy) is 1. The van der Waals surface area contributed by atoms with Gasteiger partial charge in [-0.15, -0.1) is 0 Å². The highest BCUT2D eigenvalue weighted by molar-refractivity contribution is 5.92. The molecule has 0 amide bonds. The minimum Gasteiger partial charge on any atom is -0.453 e. The van der Waals surface area contributed by atoms with Crippen LogP contribution in [0.2, 0.25) is 0 Å². The van der Waals surface area contributed by atoms with Crippen molar-refractivity contribution in [2.75, 3.05) is 0 Å². The monoisotopic (exact) mass is 249 g/mol. The summed E-state index contributed by atoms with van der Waals surface area (Å²) in [5.74, 6) is -1.46. The van der Waals surface area contributed by atoms with Crippen LogP contribution < -0.4 is 4.74 Å². The van der Waals surface area contributed by atoms with Crippen molar-refractivity contribution in [2.24, 2.45) is 0 Å². The molecule has 0 aliphatic carbocycles. The molecule has 1 aromatic carbocycles. The van der Waals surface area contributed by atoms with Crippen molar-refractivity contribution in [3.05, 3.63) is 53.9 Å². The van der Waals surface area contributed by atoms with Crippen molar-refractivity contribution in [1.82, 2.24) is 4.98 Å². The largest absolute Gasteiger partial charge is 0.453 e. The first-order valence-electron chi connectivity index (χ1n) is 5.16. The number of nitrogens with zero attached hydrogens (tertiary/aromatic N) is 1. The van der Waals surface area contributed by atoms with Crippen molar-refractivity contribution in [3.8, 4) is 11.5 Å². The maximum Gasteiger partial charge on any atom is 0.178 e. The maximum atomic E-state index is 13.3. The number of hydrogen-bond acceptors (Lipinski definition) is 3. The van der Waals surface area contributed by atoms with Crippen LogP contribution in [0.4, 0.5) is 8.78 Å². The minimum atomic E-state index is -0.674. The van der Waals surface area contributed by atoms with Crippen molar-refractivity contribution in [1.29, 1.82) is 0 Å². The van der Waals surface area contributed by atoms with Crippen LogP contribution in [0.15, 0.2) is 36.5 Å². The molecule has 0 unspecified atom stereocenters. The molecule has 3 nitrogen and oxygen atoms in total. The maximum absolute atomic E-state index is 13.3. The van der Waals surface area contributed by atoms with E-state index >= 15 is 0 Å². The van der Waals surface area contributed by atoms with Gasteiger partial charge in [0, 0.05) is 13.0 Å². The standard InChI is InChI=1S/C13H9F2NO2/c1-8(17)12-5-3-10(7-16-12)18-13-6-9(14)2-4-11(13)15/h2-7H,1H3. The van der Waals surface area contributed by atoms with Crippen LogP contribution in [0.3, 0.4) is 0 Å². The molecule has 5 heteroatoms. The third-order valence-corrected chi connectivity index (χ3v) is 2.22. The lowest BCUT2D eigenvalue weighted by molar-refractivity contribution is 0.101. The highest BCUT2D eigenvalue weighted by atomic mass is 19.1. The Morgan fingerprint density at radius 1 is 1.22 bits per heavy atom. The highest BCUT2D eigenvalue weighted by Gasteiger charge is 2.07. The van der Waals surface area contributed by atoms with Gasteiger partial charge < -0.3 is 4.74 Å². The summed E-state index contributed by atoms with van der Waals surface area (Å²) in [7, 11) is 0. The van der Waals surface area contributed by atoms with E-state index < -0.39 is 11.6 Å². The quantitative estimate of drug-likeness (QED) is 0.783. The van der Waals surface area contributed by atoms with E-state index in [-0.39, 0.29) is 23.0 Å². The number of halogens is 2. The van der Waals surface area contributed by atoms with E-state index in [4.69, 9.17) is 4.74 Å². The number of Topliss-reactive ketones (excluding diaryl/α,β-unsaturated/α-hetero) is 1. The van der Waals surface area contributed by atoms with Gasteiger partial charge in [-0.05, 0) is 24.3 Å². The van der Waals surface area contributed by atoms with Crippen molar-refractivity contribution in [2.45, 2.75) is 6.92 Å². The number of aromatic nitrogens is 1. The Morgan fingerprint density at radius 2 is 2.00 bits per heavy atom. The van der Waals surface area contributed by atoms with Crippen molar-refractivity contribution >= 4 is 5.78 Å². The topological polar surface area (TPSA) is 39.2 Å². The normalized spacial score (nSPS) is 10.2. The summed E-state index contributed by atoms with van der Waals surface area (Å²) in [5, 5.41) is 0. The molecular formula is C13H9F2NO2. The van der Waals surface area contributed by atoms with Crippen LogP contribution >= 0.6 is 0 Å². The van der Waals surface area contributed by atoms with E-state index in [2.05, 4.69) is 4.98 Å². The first-order chi connectivity index (χ1) is 8.56. The molecule has 0 spiro atoms. The Morgan fingerprint density at radius 3 is 2.61 bits per heavy atom. The molecule has 0 atom stereocenters. The summed E-state index contributed by atoms with van der Waals surface area (Å²) in [4.78, 5) is 14.8. The Bertz CT molecular complexity index is 582. The molecule has 2 aromatic rings. The molecule has 0 saturated heterocycles. The molecule has 0 radical (unpaired) electrons. The lowest BCUT2D eigenvalue weighted by atomic mass is 10.3. The molecule has 0 saturated carbocycles. The summed E-state index contributed by atoms with van der Waals surface area (Å²) in [6.07, 6.45) is 1.28. The fraction of sp³-hybridized carbons (Fsp3) is 0.0769. The predicted octanol–water partition coefficient (Wildman–Crippen LogP) is 3.35. The van der Waals surface area contributed by atoms with Crippen LogP contribution in [0.25, 0.3) is 0 Å². The van der Waals surface area contributed by atoms with Gasteiger partial charge in [-0.2, -0.15) is 0 Å². The van der Waals surface area contributed by atoms with E-state index in [9.17, 15) is 13.6 Å². The van der Waals surface area contributed by atoms with Crippen LogP contribution in [0, 0.1) is 11.6 Å². The molecule has 0 aliphatic rings. The molecule has 2 rings (SSSR count). The molecule has 18 heavy (non-hydrogen) atoms. The van der Waals surface area contributed by atoms with E-state index in [0.29, 0.717) is 0 Å². The zero-order valence-electron chi connectivity index (χ0n) is 9.48. The summed E-state index contributed by atoms with van der Waals surface area (Å²) in [6, 6.07) is 5.83. The molecule has 1 aromatic heterocycles. The van der Waals surface area contributed by atoms with E-state index in [1.54, 1.807) is 0 Å². The Labute approximate surface area is 102 Å². The lowest BCUT2D eigenvalue weighted by Gasteiger charge is -2.06. The fourth-order valence-electron chi connectivity index (χ4n) is 1.33. The van der Waals surface area contributed by atoms with Crippen molar-refractivity contribution < 1.29 is 18.3 Å². The van der Waals surface area contributed by atoms with Crippen LogP contribution in [0.1, 0.15) is 17.4 Å². The predicted molar refractivity (Wildman–Crippen MR) is 60.7 cm³/mol. The average Bonchev–Trinajstić information content (AvgIpc) is 2.34. The molecular weight excluding hydrogens is 240 g/mol. The van der Waals surface area contributed by atoms with E-state index in [1.165, 1.54) is 25.3 Å². The number of ketones is 1. The summed E-state index contributed by atoms with van der Waals surface area (Å²) >= 11 is 0. The minimum absolute atomic E-state index is 0.182. The molecule has 1 heterocycles. The molecule has 0 fully saturated rings. The van der Waals surface area contributed by atoms with Crippen molar-refractivity contribution in [3.63, 3.8) is 0 Å². The van der Waals surface area contributed by atoms with Gasteiger partial charge in [-0.25, -0.2) is 13.8 Å².